The summed E-state index contributed by atoms with van der Waals surface area (Å²) in [5.74, 6) is -4.10. The Morgan fingerprint density at radius 2 is 1.58 bits per heavy atom. The van der Waals surface area contributed by atoms with Gasteiger partial charge in [0.05, 0.1) is 5.52 Å². The van der Waals surface area contributed by atoms with Gasteiger partial charge in [-0.25, -0.2) is 8.78 Å². The molecule has 0 saturated heterocycles. The maximum Gasteiger partial charge on any atom is 0.323 e. The summed E-state index contributed by atoms with van der Waals surface area (Å²) in [5.41, 5.74) is 3.08. The summed E-state index contributed by atoms with van der Waals surface area (Å²) >= 11 is 0. The topological polar surface area (TPSA) is 98.0 Å². The molecule has 224 valence electrons. The smallest absolute Gasteiger partial charge is 0.323 e. The SMILES string of the molecule is Cc1c(CCCC(=O)O)c2c(F)ccc(/C=C/c3ccc(OC/C=C/COc4cccc(F)c4F)cc3)c2n1CC(=O)O. The van der Waals surface area contributed by atoms with E-state index in [9.17, 15) is 23.5 Å². The first-order chi connectivity index (χ1) is 20.7. The second-order valence-electron chi connectivity index (χ2n) is 9.70. The summed E-state index contributed by atoms with van der Waals surface area (Å²) in [4.78, 5) is 22.6. The standard InChI is InChI=1S/C33H30F3NO6/c1-21-25(6-4-9-29(38)39)31-26(34)17-14-23(33(31)37(21)20-30(40)41)13-10-22-11-15-24(16-12-22)42-18-2-3-19-43-28-8-5-7-27(35)32(28)36/h2-3,5,7-8,10-17H,4,6,9,18-20H2,1H3,(H,38,39)(H,40,41)/b3-2+,13-10+. The molecule has 0 saturated carbocycles. The van der Waals surface area contributed by atoms with Crippen LogP contribution in [0.1, 0.15) is 35.2 Å². The Balaban J connectivity index is 1.44. The summed E-state index contributed by atoms with van der Waals surface area (Å²) < 4.78 is 54.3. The van der Waals surface area contributed by atoms with Crippen molar-refractivity contribution in [2.75, 3.05) is 13.2 Å². The molecular formula is C33H30F3NO6. The Hall–Kier alpha value is -4.99. The van der Waals surface area contributed by atoms with Gasteiger partial charge in [0, 0.05) is 17.5 Å². The molecule has 2 N–H and O–H groups in total. The van der Waals surface area contributed by atoms with Crippen LogP contribution in [0.25, 0.3) is 23.1 Å². The van der Waals surface area contributed by atoms with E-state index in [4.69, 9.17) is 14.6 Å². The van der Waals surface area contributed by atoms with Crippen LogP contribution in [0.4, 0.5) is 13.2 Å². The fourth-order valence-electron chi connectivity index (χ4n) is 4.74. The maximum absolute atomic E-state index is 15.1. The van der Waals surface area contributed by atoms with Crippen LogP contribution < -0.4 is 9.47 Å². The molecule has 1 heterocycles. The Morgan fingerprint density at radius 1 is 0.860 bits per heavy atom. The lowest BCUT2D eigenvalue weighted by Gasteiger charge is -2.08. The van der Waals surface area contributed by atoms with Gasteiger partial charge in [0.1, 0.15) is 31.3 Å². The highest BCUT2D eigenvalue weighted by molar-refractivity contribution is 5.95. The zero-order valence-electron chi connectivity index (χ0n) is 23.4. The van der Waals surface area contributed by atoms with Gasteiger partial charge in [0.15, 0.2) is 11.6 Å². The van der Waals surface area contributed by atoms with Gasteiger partial charge in [0.25, 0.3) is 0 Å². The van der Waals surface area contributed by atoms with E-state index in [2.05, 4.69) is 0 Å². The first-order valence-corrected chi connectivity index (χ1v) is 13.5. The van der Waals surface area contributed by atoms with Gasteiger partial charge < -0.3 is 24.3 Å². The summed E-state index contributed by atoms with van der Waals surface area (Å²) in [5, 5.41) is 18.8. The number of aromatic nitrogens is 1. The lowest BCUT2D eigenvalue weighted by Crippen LogP contribution is -2.10. The predicted octanol–water partition coefficient (Wildman–Crippen LogP) is 7.04. The molecule has 1 aromatic heterocycles. The number of carboxylic acid groups (broad SMARTS) is 2. The third kappa shape index (κ3) is 7.85. The minimum atomic E-state index is -1.07. The Bertz CT molecular complexity index is 1670. The number of hydrogen-bond donors (Lipinski definition) is 2. The Kier molecular flexibility index (Phi) is 10.3. The monoisotopic (exact) mass is 593 g/mol. The second-order valence-corrected chi connectivity index (χ2v) is 9.70. The predicted molar refractivity (Wildman–Crippen MR) is 157 cm³/mol. The van der Waals surface area contributed by atoms with Crippen LogP contribution in [0.3, 0.4) is 0 Å². The molecule has 43 heavy (non-hydrogen) atoms. The average molecular weight is 594 g/mol. The molecule has 0 bridgehead atoms. The first-order valence-electron chi connectivity index (χ1n) is 13.5. The molecule has 0 amide bonds. The molecule has 10 heteroatoms. The van der Waals surface area contributed by atoms with Crippen LogP contribution in [-0.2, 0) is 22.6 Å². The molecule has 0 aliphatic carbocycles. The molecule has 3 aromatic carbocycles. The summed E-state index contributed by atoms with van der Waals surface area (Å²) in [6, 6.07) is 13.8. The van der Waals surface area contributed by atoms with Crippen LogP contribution in [0.15, 0.2) is 66.7 Å². The van der Waals surface area contributed by atoms with Crippen LogP contribution in [0.2, 0.25) is 0 Å². The number of rotatable bonds is 14. The quantitative estimate of drug-likeness (QED) is 0.120. The van der Waals surface area contributed by atoms with Crippen molar-refractivity contribution in [1.29, 1.82) is 0 Å². The normalized spacial score (nSPS) is 11.5. The highest BCUT2D eigenvalue weighted by Gasteiger charge is 2.21. The molecule has 0 aliphatic heterocycles. The van der Waals surface area contributed by atoms with Gasteiger partial charge in [0.2, 0.25) is 5.82 Å². The number of aryl methyl sites for hydroxylation is 1. The summed E-state index contributed by atoms with van der Waals surface area (Å²) in [7, 11) is 0. The van der Waals surface area contributed by atoms with Crippen LogP contribution in [0.5, 0.6) is 11.5 Å². The van der Waals surface area contributed by atoms with Gasteiger partial charge in [-0.05, 0) is 85.0 Å². The highest BCUT2D eigenvalue weighted by atomic mass is 19.2. The van der Waals surface area contributed by atoms with E-state index in [-0.39, 0.29) is 31.9 Å². The van der Waals surface area contributed by atoms with Crippen molar-refractivity contribution in [3.63, 3.8) is 0 Å². The van der Waals surface area contributed by atoms with Crippen molar-refractivity contribution in [2.45, 2.75) is 32.7 Å². The molecule has 0 unspecified atom stereocenters. The van der Waals surface area contributed by atoms with Gasteiger partial charge in [-0.15, -0.1) is 0 Å². The van der Waals surface area contributed by atoms with E-state index in [0.717, 1.165) is 11.6 Å². The van der Waals surface area contributed by atoms with E-state index in [1.54, 1.807) is 47.9 Å². The lowest BCUT2D eigenvalue weighted by molar-refractivity contribution is -0.138. The third-order valence-corrected chi connectivity index (χ3v) is 6.78. The van der Waals surface area contributed by atoms with E-state index in [1.807, 2.05) is 18.2 Å². The largest absolute Gasteiger partial charge is 0.490 e. The van der Waals surface area contributed by atoms with Gasteiger partial charge in [-0.1, -0.05) is 30.4 Å². The number of nitrogens with zero attached hydrogens (tertiary/aromatic N) is 1. The van der Waals surface area contributed by atoms with Crippen molar-refractivity contribution >= 4 is 35.0 Å². The van der Waals surface area contributed by atoms with Crippen molar-refractivity contribution in [1.82, 2.24) is 4.57 Å². The third-order valence-electron chi connectivity index (χ3n) is 6.78. The van der Waals surface area contributed by atoms with Crippen LogP contribution >= 0.6 is 0 Å². The molecular weight excluding hydrogens is 563 g/mol. The number of halogens is 3. The van der Waals surface area contributed by atoms with E-state index < -0.39 is 29.4 Å². The zero-order valence-corrected chi connectivity index (χ0v) is 23.4. The number of ether oxygens (including phenoxy) is 2. The number of carbonyl (C=O) groups is 2. The maximum atomic E-state index is 15.1. The van der Waals surface area contributed by atoms with Crippen LogP contribution in [0, 0.1) is 24.4 Å². The molecule has 0 radical (unpaired) electrons. The fourth-order valence-corrected chi connectivity index (χ4v) is 4.74. The van der Waals surface area contributed by atoms with E-state index in [0.29, 0.717) is 46.3 Å². The lowest BCUT2D eigenvalue weighted by atomic mass is 10.0. The van der Waals surface area contributed by atoms with Crippen LogP contribution in [-0.4, -0.2) is 39.9 Å². The van der Waals surface area contributed by atoms with Gasteiger partial charge in [-0.3, -0.25) is 9.59 Å². The molecule has 4 aromatic rings. The second kappa shape index (κ2) is 14.3. The first kappa shape index (κ1) is 31.0. The molecule has 0 fully saturated rings. The molecule has 0 atom stereocenters. The number of aliphatic carboxylic acids is 2. The molecule has 7 nitrogen and oxygen atoms in total. The zero-order chi connectivity index (χ0) is 30.9. The molecule has 0 aliphatic rings. The summed E-state index contributed by atoms with van der Waals surface area (Å²) in [6.07, 6.45) is 7.44. The minimum absolute atomic E-state index is 0.0450. The number of hydrogen-bond acceptors (Lipinski definition) is 4. The number of fused-ring (bicyclic) bond motifs is 1. The van der Waals surface area contributed by atoms with Crippen molar-refractivity contribution in [2.24, 2.45) is 0 Å². The summed E-state index contributed by atoms with van der Waals surface area (Å²) in [6.45, 7) is 1.63. The fraction of sp³-hybridized carbons (Fsp3) is 0.212. The molecule has 0 spiro atoms. The number of benzene rings is 3. The van der Waals surface area contributed by atoms with Crippen molar-refractivity contribution in [3.05, 3.63) is 107 Å². The van der Waals surface area contributed by atoms with E-state index >= 15 is 4.39 Å². The Morgan fingerprint density at radius 3 is 2.28 bits per heavy atom. The minimum Gasteiger partial charge on any atom is -0.490 e. The van der Waals surface area contributed by atoms with Crippen molar-refractivity contribution in [3.8, 4) is 11.5 Å². The van der Waals surface area contributed by atoms with Gasteiger partial charge in [-0.2, -0.15) is 4.39 Å². The Labute approximate surface area is 246 Å². The van der Waals surface area contributed by atoms with Gasteiger partial charge >= 0.3 is 11.9 Å². The highest BCUT2D eigenvalue weighted by Crippen LogP contribution is 2.33. The number of carboxylic acids is 2. The average Bonchev–Trinajstić information content (AvgIpc) is 3.24. The van der Waals surface area contributed by atoms with Crippen molar-refractivity contribution < 1.29 is 42.4 Å². The van der Waals surface area contributed by atoms with E-state index in [1.165, 1.54) is 18.2 Å². The molecule has 4 rings (SSSR count).